The molecule has 0 aromatic heterocycles. The molecule has 1 rings (SSSR count). The molecule has 0 aromatic rings. The van der Waals surface area contributed by atoms with Gasteiger partial charge in [0, 0.05) is 18.6 Å². The minimum atomic E-state index is -0.978. The summed E-state index contributed by atoms with van der Waals surface area (Å²) in [6, 6.07) is 0.407. The molecule has 2 amide bonds. The summed E-state index contributed by atoms with van der Waals surface area (Å²) in [5, 5.41) is 2.94. The number of carbonyl (C=O) groups excluding carboxylic acids is 2. The van der Waals surface area contributed by atoms with Gasteiger partial charge in [-0.15, -0.1) is 0 Å². The number of nitrogens with one attached hydrogen (secondary N) is 1. The van der Waals surface area contributed by atoms with Crippen molar-refractivity contribution >= 4 is 11.8 Å². The van der Waals surface area contributed by atoms with Crippen LogP contribution in [0.1, 0.15) is 66.7 Å². The van der Waals surface area contributed by atoms with Crippen LogP contribution in [0.2, 0.25) is 0 Å². The smallest absolute Gasteiger partial charge is 0.237 e. The molecule has 116 valence electrons. The van der Waals surface area contributed by atoms with Gasteiger partial charge in [-0.25, -0.2) is 0 Å². The highest BCUT2D eigenvalue weighted by atomic mass is 16.2. The van der Waals surface area contributed by atoms with Crippen molar-refractivity contribution in [1.82, 2.24) is 10.2 Å². The van der Waals surface area contributed by atoms with E-state index in [9.17, 15) is 9.59 Å². The molecule has 0 spiro atoms. The Hall–Kier alpha value is -1.06. The van der Waals surface area contributed by atoms with E-state index in [-0.39, 0.29) is 17.9 Å². The van der Waals surface area contributed by atoms with E-state index in [4.69, 9.17) is 0 Å². The lowest BCUT2D eigenvalue weighted by molar-refractivity contribution is -0.151. The second kappa shape index (κ2) is 7.09. The van der Waals surface area contributed by atoms with E-state index in [0.29, 0.717) is 6.04 Å². The fraction of sp³-hybridized carbons (Fsp3) is 0.875. The van der Waals surface area contributed by atoms with E-state index >= 15 is 0 Å². The highest BCUT2D eigenvalue weighted by molar-refractivity contribution is 6.04. The Bertz CT molecular complexity index is 352. The van der Waals surface area contributed by atoms with E-state index < -0.39 is 5.41 Å². The molecule has 1 fully saturated rings. The first-order chi connectivity index (χ1) is 9.34. The van der Waals surface area contributed by atoms with Gasteiger partial charge >= 0.3 is 0 Å². The van der Waals surface area contributed by atoms with Crippen molar-refractivity contribution < 1.29 is 9.59 Å². The van der Waals surface area contributed by atoms with Gasteiger partial charge in [0.1, 0.15) is 5.41 Å². The largest absolute Gasteiger partial charge is 0.353 e. The Morgan fingerprint density at radius 1 is 1.30 bits per heavy atom. The fourth-order valence-electron chi connectivity index (χ4n) is 2.65. The van der Waals surface area contributed by atoms with E-state index in [2.05, 4.69) is 12.2 Å². The van der Waals surface area contributed by atoms with Crippen LogP contribution >= 0.6 is 0 Å². The number of rotatable bonds is 5. The van der Waals surface area contributed by atoms with Crippen LogP contribution in [-0.2, 0) is 9.59 Å². The van der Waals surface area contributed by atoms with Crippen LogP contribution in [0.5, 0.6) is 0 Å². The van der Waals surface area contributed by atoms with Crippen LogP contribution in [-0.4, -0.2) is 35.3 Å². The zero-order chi connectivity index (χ0) is 15.3. The number of hydrogen-bond acceptors (Lipinski definition) is 2. The highest BCUT2D eigenvalue weighted by Gasteiger charge is 2.41. The van der Waals surface area contributed by atoms with Crippen LogP contribution in [0, 0.1) is 5.41 Å². The zero-order valence-corrected chi connectivity index (χ0v) is 13.7. The van der Waals surface area contributed by atoms with E-state index in [1.165, 1.54) is 6.42 Å². The van der Waals surface area contributed by atoms with Crippen molar-refractivity contribution in [2.45, 2.75) is 78.8 Å². The maximum absolute atomic E-state index is 12.8. The molecule has 0 aromatic carbocycles. The first-order valence-electron chi connectivity index (χ1n) is 7.96. The van der Waals surface area contributed by atoms with Crippen molar-refractivity contribution in [2.75, 3.05) is 6.54 Å². The van der Waals surface area contributed by atoms with Gasteiger partial charge < -0.3 is 10.2 Å². The predicted molar refractivity (Wildman–Crippen MR) is 81.3 cm³/mol. The Morgan fingerprint density at radius 2 is 1.95 bits per heavy atom. The standard InChI is InChI=1S/C16H30N2O2/c1-6-12(3)17-14(19)16(4,5)15(20)18-11-9-8-10-13(18)7-2/h12-13H,6-11H2,1-5H3,(H,17,19). The first-order valence-corrected chi connectivity index (χ1v) is 7.96. The summed E-state index contributed by atoms with van der Waals surface area (Å²) in [6.45, 7) is 10.4. The van der Waals surface area contributed by atoms with Gasteiger partial charge in [0.15, 0.2) is 0 Å². The normalized spacial score (nSPS) is 21.4. The molecule has 2 atom stereocenters. The number of likely N-dealkylation sites (tertiary alicyclic amines) is 1. The Labute approximate surface area is 123 Å². The van der Waals surface area contributed by atoms with Crippen molar-refractivity contribution in [3.8, 4) is 0 Å². The molecule has 1 aliphatic rings. The Morgan fingerprint density at radius 3 is 2.50 bits per heavy atom. The van der Waals surface area contributed by atoms with Gasteiger partial charge in [-0.2, -0.15) is 0 Å². The molecule has 0 radical (unpaired) electrons. The zero-order valence-electron chi connectivity index (χ0n) is 13.7. The molecule has 20 heavy (non-hydrogen) atoms. The number of piperidine rings is 1. The molecule has 1 N–H and O–H groups in total. The molecule has 0 saturated carbocycles. The van der Waals surface area contributed by atoms with E-state index in [0.717, 1.165) is 32.2 Å². The van der Waals surface area contributed by atoms with Gasteiger partial charge in [-0.05, 0) is 52.9 Å². The van der Waals surface area contributed by atoms with E-state index in [1.807, 2.05) is 18.7 Å². The van der Waals surface area contributed by atoms with Crippen LogP contribution < -0.4 is 5.32 Å². The molecular weight excluding hydrogens is 252 g/mol. The summed E-state index contributed by atoms with van der Waals surface area (Å²) in [4.78, 5) is 27.1. The fourth-order valence-corrected chi connectivity index (χ4v) is 2.65. The third kappa shape index (κ3) is 3.74. The van der Waals surface area contributed by atoms with Gasteiger partial charge in [0.05, 0.1) is 0 Å². The highest BCUT2D eigenvalue weighted by Crippen LogP contribution is 2.27. The SMILES string of the molecule is CCC(C)NC(=O)C(C)(C)C(=O)N1CCCCC1CC. The third-order valence-corrected chi connectivity index (χ3v) is 4.45. The van der Waals surface area contributed by atoms with Crippen LogP contribution in [0.3, 0.4) is 0 Å². The van der Waals surface area contributed by atoms with Gasteiger partial charge in [-0.3, -0.25) is 9.59 Å². The summed E-state index contributed by atoms with van der Waals surface area (Å²) in [7, 11) is 0. The Balaban J connectivity index is 2.79. The van der Waals surface area contributed by atoms with E-state index in [1.54, 1.807) is 13.8 Å². The molecule has 1 aliphatic heterocycles. The summed E-state index contributed by atoms with van der Waals surface area (Å²) in [5.41, 5.74) is -0.978. The van der Waals surface area contributed by atoms with Crippen molar-refractivity contribution in [2.24, 2.45) is 5.41 Å². The summed E-state index contributed by atoms with van der Waals surface area (Å²) in [5.74, 6) is -0.179. The lowest BCUT2D eigenvalue weighted by atomic mass is 9.87. The maximum Gasteiger partial charge on any atom is 0.237 e. The molecule has 4 heteroatoms. The van der Waals surface area contributed by atoms with Crippen molar-refractivity contribution in [1.29, 1.82) is 0 Å². The minimum absolute atomic E-state index is 0.0233. The molecule has 1 saturated heterocycles. The van der Waals surface area contributed by atoms with Crippen LogP contribution in [0.25, 0.3) is 0 Å². The topological polar surface area (TPSA) is 49.4 Å². The van der Waals surface area contributed by atoms with Crippen molar-refractivity contribution in [3.05, 3.63) is 0 Å². The second-order valence-electron chi connectivity index (χ2n) is 6.46. The van der Waals surface area contributed by atoms with Gasteiger partial charge in [0.2, 0.25) is 11.8 Å². The summed E-state index contributed by atoms with van der Waals surface area (Å²) >= 11 is 0. The first kappa shape index (κ1) is 17.0. The molecular formula is C16H30N2O2. The number of amides is 2. The van der Waals surface area contributed by atoms with Gasteiger partial charge in [0.25, 0.3) is 0 Å². The predicted octanol–water partition coefficient (Wildman–Crippen LogP) is 2.72. The minimum Gasteiger partial charge on any atom is -0.353 e. The van der Waals surface area contributed by atoms with Crippen LogP contribution in [0.4, 0.5) is 0 Å². The quantitative estimate of drug-likeness (QED) is 0.788. The van der Waals surface area contributed by atoms with Gasteiger partial charge in [-0.1, -0.05) is 13.8 Å². The lowest BCUT2D eigenvalue weighted by Crippen LogP contribution is -2.54. The average Bonchev–Trinajstić information content (AvgIpc) is 2.45. The van der Waals surface area contributed by atoms with Crippen molar-refractivity contribution in [3.63, 3.8) is 0 Å². The summed E-state index contributed by atoms with van der Waals surface area (Å²) < 4.78 is 0. The molecule has 2 unspecified atom stereocenters. The monoisotopic (exact) mass is 282 g/mol. The molecule has 0 aliphatic carbocycles. The molecule has 0 bridgehead atoms. The number of hydrogen-bond donors (Lipinski definition) is 1. The Kier molecular flexibility index (Phi) is 6.03. The number of carbonyl (C=O) groups is 2. The average molecular weight is 282 g/mol. The summed E-state index contributed by atoms with van der Waals surface area (Å²) in [6.07, 6.45) is 5.13. The number of nitrogens with zero attached hydrogens (tertiary/aromatic N) is 1. The third-order valence-electron chi connectivity index (χ3n) is 4.45. The van der Waals surface area contributed by atoms with Crippen LogP contribution in [0.15, 0.2) is 0 Å². The second-order valence-corrected chi connectivity index (χ2v) is 6.46. The lowest BCUT2D eigenvalue weighted by Gasteiger charge is -2.39. The molecule has 1 heterocycles. The molecule has 4 nitrogen and oxygen atoms in total. The maximum atomic E-state index is 12.8.